The van der Waals surface area contributed by atoms with E-state index in [0.717, 1.165) is 0 Å². The molecule has 0 aliphatic rings. The van der Waals surface area contributed by atoms with Gasteiger partial charge in [0.1, 0.15) is 0 Å². The molecule has 0 aliphatic carbocycles. The molecule has 0 aromatic rings. The summed E-state index contributed by atoms with van der Waals surface area (Å²) in [5.41, 5.74) is 0.878. The summed E-state index contributed by atoms with van der Waals surface area (Å²) in [6, 6.07) is 0. The van der Waals surface area contributed by atoms with Crippen LogP contribution in [0.15, 0.2) is 0 Å². The van der Waals surface area contributed by atoms with Gasteiger partial charge in [-0.05, 0) is 0 Å². The number of amides is 1. The van der Waals surface area contributed by atoms with Gasteiger partial charge in [0, 0.05) is 6.42 Å². The molecular weight excluding hydrogens is 130 g/mol. The van der Waals surface area contributed by atoms with E-state index in [1.165, 1.54) is 0 Å². The second-order valence-corrected chi connectivity index (χ2v) is 2.71. The van der Waals surface area contributed by atoms with E-state index >= 15 is 0 Å². The minimum absolute atomic E-state index is 0.319. The molecule has 2 N–H and O–H groups in total. The molecule has 0 fully saturated rings. The van der Waals surface area contributed by atoms with Crippen molar-refractivity contribution < 1.29 is 10.0 Å². The number of carbonyl (C=O) groups is 1. The third kappa shape index (κ3) is 2.08. The van der Waals surface area contributed by atoms with E-state index < -0.39 is 11.3 Å². The number of hydrogen-bond acceptors (Lipinski definition) is 2. The van der Waals surface area contributed by atoms with E-state index in [1.54, 1.807) is 19.3 Å². The zero-order valence-electron chi connectivity index (χ0n) is 6.14. The Morgan fingerprint density at radius 3 is 2.60 bits per heavy atom. The maximum Gasteiger partial charge on any atom is 0.249 e. The molecule has 3 nitrogen and oxygen atoms in total. The number of terminal acetylenes is 1. The van der Waals surface area contributed by atoms with Crippen LogP contribution in [0.2, 0.25) is 0 Å². The van der Waals surface area contributed by atoms with Crippen LogP contribution in [0.25, 0.3) is 0 Å². The zero-order valence-corrected chi connectivity index (χ0v) is 6.14. The van der Waals surface area contributed by atoms with Crippen LogP contribution in [0, 0.1) is 17.8 Å². The van der Waals surface area contributed by atoms with Crippen LogP contribution < -0.4 is 5.48 Å². The quantitative estimate of drug-likeness (QED) is 0.335. The van der Waals surface area contributed by atoms with E-state index in [9.17, 15) is 4.79 Å². The fraction of sp³-hybridized carbons (Fsp3) is 0.571. The summed E-state index contributed by atoms with van der Waals surface area (Å²) in [6.45, 7) is 3.33. The normalized spacial score (nSPS) is 10.2. The van der Waals surface area contributed by atoms with Gasteiger partial charge in [-0.15, -0.1) is 12.3 Å². The molecule has 0 atom stereocenters. The Balaban J connectivity index is 4.13. The van der Waals surface area contributed by atoms with Gasteiger partial charge in [0.25, 0.3) is 0 Å². The maximum atomic E-state index is 10.8. The first-order valence-electron chi connectivity index (χ1n) is 2.92. The van der Waals surface area contributed by atoms with Gasteiger partial charge >= 0.3 is 0 Å². The third-order valence-electron chi connectivity index (χ3n) is 1.26. The van der Waals surface area contributed by atoms with E-state index in [-0.39, 0.29) is 0 Å². The summed E-state index contributed by atoms with van der Waals surface area (Å²) in [6.07, 6.45) is 5.31. The average Bonchev–Trinajstić information content (AvgIpc) is 1.86. The first-order chi connectivity index (χ1) is 4.54. The maximum absolute atomic E-state index is 10.8. The first-order valence-corrected chi connectivity index (χ1v) is 2.92. The molecule has 0 bridgehead atoms. The SMILES string of the molecule is C#CCC(C)(C)C(=O)NO. The Hall–Kier alpha value is -1.01. The molecule has 1 amide bonds. The summed E-state index contributed by atoms with van der Waals surface area (Å²) in [5, 5.41) is 8.23. The number of carbonyl (C=O) groups excluding carboxylic acids is 1. The summed E-state index contributed by atoms with van der Waals surface area (Å²) in [4.78, 5) is 10.8. The molecule has 0 radical (unpaired) electrons. The Bertz CT molecular complexity index is 167. The molecule has 0 aromatic heterocycles. The van der Waals surface area contributed by atoms with Crippen molar-refractivity contribution in [3.8, 4) is 12.3 Å². The summed E-state index contributed by atoms with van der Waals surface area (Å²) >= 11 is 0. The Morgan fingerprint density at radius 1 is 1.80 bits per heavy atom. The molecule has 0 saturated heterocycles. The monoisotopic (exact) mass is 141 g/mol. The number of rotatable bonds is 2. The van der Waals surface area contributed by atoms with E-state index in [1.807, 2.05) is 0 Å². The molecule has 0 aromatic carbocycles. The van der Waals surface area contributed by atoms with Crippen molar-refractivity contribution in [3.63, 3.8) is 0 Å². The van der Waals surface area contributed by atoms with Gasteiger partial charge in [-0.25, -0.2) is 5.48 Å². The molecule has 10 heavy (non-hydrogen) atoms. The van der Waals surface area contributed by atoms with Crippen molar-refractivity contribution in [3.05, 3.63) is 0 Å². The highest BCUT2D eigenvalue weighted by Gasteiger charge is 2.25. The number of nitrogens with one attached hydrogen (secondary N) is 1. The Kier molecular flexibility index (Phi) is 2.91. The van der Waals surface area contributed by atoms with Crippen molar-refractivity contribution in [2.75, 3.05) is 0 Å². The van der Waals surface area contributed by atoms with Gasteiger partial charge in [-0.1, -0.05) is 13.8 Å². The zero-order chi connectivity index (χ0) is 8.20. The van der Waals surface area contributed by atoms with Gasteiger partial charge in [0.15, 0.2) is 0 Å². The van der Waals surface area contributed by atoms with Gasteiger partial charge < -0.3 is 0 Å². The number of hydrogen-bond donors (Lipinski definition) is 2. The molecule has 0 rings (SSSR count). The standard InChI is InChI=1S/C7H11NO2/c1-4-5-7(2,3)6(9)8-10/h1,10H,5H2,2-3H3,(H,8,9). The largest absolute Gasteiger partial charge is 0.289 e. The van der Waals surface area contributed by atoms with Crippen molar-refractivity contribution in [2.45, 2.75) is 20.3 Å². The highest BCUT2D eigenvalue weighted by molar-refractivity contribution is 5.80. The van der Waals surface area contributed by atoms with Crippen LogP contribution in [0.1, 0.15) is 20.3 Å². The van der Waals surface area contributed by atoms with Gasteiger partial charge in [0.05, 0.1) is 5.41 Å². The Morgan fingerprint density at radius 2 is 2.30 bits per heavy atom. The predicted octanol–water partition coefficient (Wildman–Crippen LogP) is 0.541. The van der Waals surface area contributed by atoms with Crippen molar-refractivity contribution in [2.24, 2.45) is 5.41 Å². The van der Waals surface area contributed by atoms with Crippen LogP contribution >= 0.6 is 0 Å². The van der Waals surface area contributed by atoms with Crippen molar-refractivity contribution in [1.82, 2.24) is 5.48 Å². The lowest BCUT2D eigenvalue weighted by Gasteiger charge is -2.17. The first kappa shape index (κ1) is 8.99. The fourth-order valence-electron chi connectivity index (χ4n) is 0.487. The second kappa shape index (κ2) is 3.23. The minimum Gasteiger partial charge on any atom is -0.289 e. The molecule has 3 heteroatoms. The summed E-state index contributed by atoms with van der Waals surface area (Å²) < 4.78 is 0. The Labute approximate surface area is 60.4 Å². The lowest BCUT2D eigenvalue weighted by molar-refractivity contribution is -0.137. The van der Waals surface area contributed by atoms with Crippen LogP contribution in [0.5, 0.6) is 0 Å². The van der Waals surface area contributed by atoms with Crippen molar-refractivity contribution >= 4 is 5.91 Å². The molecular formula is C7H11NO2. The summed E-state index contributed by atoms with van der Waals surface area (Å²) in [5.74, 6) is 1.90. The van der Waals surface area contributed by atoms with Crippen LogP contribution in [-0.2, 0) is 4.79 Å². The van der Waals surface area contributed by atoms with E-state index in [0.29, 0.717) is 6.42 Å². The third-order valence-corrected chi connectivity index (χ3v) is 1.26. The summed E-state index contributed by atoms with van der Waals surface area (Å²) in [7, 11) is 0. The molecule has 0 spiro atoms. The van der Waals surface area contributed by atoms with Gasteiger partial charge in [-0.3, -0.25) is 10.0 Å². The average molecular weight is 141 g/mol. The highest BCUT2D eigenvalue weighted by atomic mass is 16.5. The van der Waals surface area contributed by atoms with E-state index in [4.69, 9.17) is 11.6 Å². The van der Waals surface area contributed by atoms with Crippen LogP contribution in [-0.4, -0.2) is 11.1 Å². The molecule has 0 aliphatic heterocycles. The van der Waals surface area contributed by atoms with Gasteiger partial charge in [-0.2, -0.15) is 0 Å². The predicted molar refractivity (Wildman–Crippen MR) is 37.2 cm³/mol. The van der Waals surface area contributed by atoms with Crippen molar-refractivity contribution in [1.29, 1.82) is 0 Å². The van der Waals surface area contributed by atoms with Crippen LogP contribution in [0.4, 0.5) is 0 Å². The topological polar surface area (TPSA) is 49.3 Å². The molecule has 0 heterocycles. The van der Waals surface area contributed by atoms with Gasteiger partial charge in [0.2, 0.25) is 5.91 Å². The van der Waals surface area contributed by atoms with E-state index in [2.05, 4.69) is 5.92 Å². The second-order valence-electron chi connectivity index (χ2n) is 2.71. The molecule has 0 unspecified atom stereocenters. The van der Waals surface area contributed by atoms with Crippen LogP contribution in [0.3, 0.4) is 0 Å². The fourth-order valence-corrected chi connectivity index (χ4v) is 0.487. The molecule has 56 valence electrons. The minimum atomic E-state index is -0.677. The molecule has 0 saturated carbocycles. The lowest BCUT2D eigenvalue weighted by atomic mass is 9.89. The smallest absolute Gasteiger partial charge is 0.249 e. The number of hydroxylamine groups is 1. The highest BCUT2D eigenvalue weighted by Crippen LogP contribution is 2.18. The lowest BCUT2D eigenvalue weighted by Crippen LogP contribution is -2.34.